The zero-order chi connectivity index (χ0) is 17.3. The molecule has 0 fully saturated rings. The molecule has 0 saturated heterocycles. The number of benzene rings is 2. The van der Waals surface area contributed by atoms with E-state index >= 15 is 0 Å². The molecular weight excluding hydrogens is 314 g/mol. The van der Waals surface area contributed by atoms with E-state index in [1.165, 1.54) is 6.07 Å². The summed E-state index contributed by atoms with van der Waals surface area (Å²) in [5, 5.41) is 10.3. The van der Waals surface area contributed by atoms with Gasteiger partial charge in [0.25, 0.3) is 0 Å². The molecule has 2 aromatic rings. The van der Waals surface area contributed by atoms with Gasteiger partial charge < -0.3 is 15.7 Å². The Morgan fingerprint density at radius 2 is 2.04 bits per heavy atom. The Kier molecular flexibility index (Phi) is 4.49. The average molecular weight is 332 g/mol. The Morgan fingerprint density at radius 1 is 1.29 bits per heavy atom. The smallest absolute Gasteiger partial charge is 0.225 e. The van der Waals surface area contributed by atoms with Gasteiger partial charge in [-0.25, -0.2) is 8.78 Å². The number of rotatable bonds is 4. The number of hydrogen-bond donors (Lipinski definition) is 2. The summed E-state index contributed by atoms with van der Waals surface area (Å²) in [5.41, 5.74) is 7.12. The predicted molar refractivity (Wildman–Crippen MR) is 86.5 cm³/mol. The fraction of sp³-hybridized carbons (Fsp3) is 0.278. The molecule has 4 nitrogen and oxygen atoms in total. The first-order valence-corrected chi connectivity index (χ1v) is 7.73. The number of aliphatic hydroxyl groups excluding tert-OH is 1. The third-order valence-corrected chi connectivity index (χ3v) is 4.40. The molecule has 0 radical (unpaired) electrons. The number of hydrogen-bond acceptors (Lipinski definition) is 3. The van der Waals surface area contributed by atoms with Crippen molar-refractivity contribution < 1.29 is 18.7 Å². The van der Waals surface area contributed by atoms with Gasteiger partial charge in [-0.15, -0.1) is 0 Å². The van der Waals surface area contributed by atoms with Crippen LogP contribution in [0.3, 0.4) is 0 Å². The van der Waals surface area contributed by atoms with E-state index in [9.17, 15) is 18.7 Å². The Bertz CT molecular complexity index is 766. The second-order valence-corrected chi connectivity index (χ2v) is 5.93. The van der Waals surface area contributed by atoms with Gasteiger partial charge in [-0.1, -0.05) is 24.3 Å². The number of primary amides is 1. The van der Waals surface area contributed by atoms with Crippen LogP contribution >= 0.6 is 0 Å². The summed E-state index contributed by atoms with van der Waals surface area (Å²) in [6, 6.07) is 10.5. The molecule has 1 heterocycles. The third-order valence-electron chi connectivity index (χ3n) is 4.40. The number of nitrogens with zero attached hydrogens (tertiary/aromatic N) is 1. The van der Waals surface area contributed by atoms with E-state index in [0.717, 1.165) is 23.4 Å². The van der Waals surface area contributed by atoms with E-state index < -0.39 is 17.7 Å². The van der Waals surface area contributed by atoms with Crippen molar-refractivity contribution in [2.24, 2.45) is 5.73 Å². The van der Waals surface area contributed by atoms with Gasteiger partial charge in [-0.05, 0) is 24.1 Å². The number of β-amino-alcohol motifs (C(OH)–C–C–N with tert-alkyl or cyclic N) is 1. The maximum absolute atomic E-state index is 13.8. The van der Waals surface area contributed by atoms with Crippen LogP contribution < -0.4 is 10.6 Å². The monoisotopic (exact) mass is 332 g/mol. The molecular formula is C18H18F2N2O2. The Labute approximate surface area is 138 Å². The molecule has 126 valence electrons. The van der Waals surface area contributed by atoms with Crippen molar-refractivity contribution in [2.75, 3.05) is 18.0 Å². The first-order chi connectivity index (χ1) is 11.5. The lowest BCUT2D eigenvalue weighted by atomic mass is 9.89. The van der Waals surface area contributed by atoms with Gasteiger partial charge in [0.05, 0.1) is 12.0 Å². The van der Waals surface area contributed by atoms with E-state index in [0.29, 0.717) is 13.0 Å². The van der Waals surface area contributed by atoms with Gasteiger partial charge in [0.2, 0.25) is 5.91 Å². The molecule has 2 atom stereocenters. The normalized spacial score (nSPS) is 18.1. The average Bonchev–Trinajstić information content (AvgIpc) is 2.54. The van der Waals surface area contributed by atoms with E-state index in [4.69, 9.17) is 5.73 Å². The molecule has 1 amide bonds. The minimum atomic E-state index is -1.11. The lowest BCUT2D eigenvalue weighted by Gasteiger charge is -2.35. The summed E-state index contributed by atoms with van der Waals surface area (Å²) < 4.78 is 26.8. The van der Waals surface area contributed by atoms with Gasteiger partial charge >= 0.3 is 0 Å². The Morgan fingerprint density at radius 3 is 2.75 bits per heavy atom. The molecule has 1 aliphatic heterocycles. The van der Waals surface area contributed by atoms with Gasteiger partial charge in [0, 0.05) is 30.4 Å². The van der Waals surface area contributed by atoms with Crippen molar-refractivity contribution in [1.29, 1.82) is 0 Å². The van der Waals surface area contributed by atoms with Crippen LogP contribution in [-0.2, 0) is 4.79 Å². The number of amides is 1. The molecule has 0 spiro atoms. The highest BCUT2D eigenvalue weighted by atomic mass is 19.1. The minimum Gasteiger partial charge on any atom is -0.386 e. The van der Waals surface area contributed by atoms with Crippen LogP contribution in [0.15, 0.2) is 42.5 Å². The number of nitrogens with two attached hydrogens (primary N) is 1. The summed E-state index contributed by atoms with van der Waals surface area (Å²) in [6.45, 7) is 0.662. The van der Waals surface area contributed by atoms with Crippen molar-refractivity contribution in [1.82, 2.24) is 0 Å². The molecule has 24 heavy (non-hydrogen) atoms. The highest BCUT2D eigenvalue weighted by Gasteiger charge is 2.29. The van der Waals surface area contributed by atoms with Crippen LogP contribution in [0, 0.1) is 11.6 Å². The molecule has 3 N–H and O–H groups in total. The molecule has 0 aliphatic carbocycles. The zero-order valence-corrected chi connectivity index (χ0v) is 13.0. The standard InChI is InChI=1S/C18H18F2N2O2/c19-11-5-6-14(15(20)9-11)17(23)10-22-8-7-13(18(21)24)12-3-1-2-4-16(12)22/h1-6,9,13,17,23H,7-8,10H2,(H2,21,24). The van der Waals surface area contributed by atoms with Crippen LogP contribution in [0.5, 0.6) is 0 Å². The molecule has 2 unspecified atom stereocenters. The lowest BCUT2D eigenvalue weighted by molar-refractivity contribution is -0.119. The second-order valence-electron chi connectivity index (χ2n) is 5.93. The predicted octanol–water partition coefficient (Wildman–Crippen LogP) is 2.48. The quantitative estimate of drug-likeness (QED) is 0.904. The van der Waals surface area contributed by atoms with Crippen LogP contribution in [0.1, 0.15) is 29.6 Å². The molecule has 1 aliphatic rings. The summed E-state index contributed by atoms with van der Waals surface area (Å²) in [5.74, 6) is -2.21. The molecule has 6 heteroatoms. The summed E-state index contributed by atoms with van der Waals surface area (Å²) in [6.07, 6.45) is -0.575. The largest absolute Gasteiger partial charge is 0.386 e. The van der Waals surface area contributed by atoms with Crippen molar-refractivity contribution >= 4 is 11.6 Å². The van der Waals surface area contributed by atoms with Crippen molar-refractivity contribution in [3.05, 3.63) is 65.2 Å². The third kappa shape index (κ3) is 3.10. The van der Waals surface area contributed by atoms with Crippen LogP contribution in [-0.4, -0.2) is 24.1 Å². The number of para-hydroxylation sites is 1. The Hall–Kier alpha value is -2.47. The molecule has 0 bridgehead atoms. The number of aliphatic hydroxyl groups is 1. The molecule has 3 rings (SSSR count). The van der Waals surface area contributed by atoms with E-state index in [1.807, 2.05) is 29.2 Å². The maximum Gasteiger partial charge on any atom is 0.225 e. The van der Waals surface area contributed by atoms with E-state index in [1.54, 1.807) is 0 Å². The minimum absolute atomic E-state index is 0.0471. The second kappa shape index (κ2) is 6.57. The molecule has 0 saturated carbocycles. The molecule has 0 aromatic heterocycles. The van der Waals surface area contributed by atoms with Gasteiger partial charge in [-0.3, -0.25) is 4.79 Å². The van der Waals surface area contributed by atoms with E-state index in [2.05, 4.69) is 0 Å². The molecule has 2 aromatic carbocycles. The van der Waals surface area contributed by atoms with Gasteiger partial charge in [-0.2, -0.15) is 0 Å². The van der Waals surface area contributed by atoms with Crippen molar-refractivity contribution in [2.45, 2.75) is 18.4 Å². The number of carbonyl (C=O) groups excluding carboxylic acids is 1. The summed E-state index contributed by atoms with van der Waals surface area (Å²) in [7, 11) is 0. The van der Waals surface area contributed by atoms with Crippen molar-refractivity contribution in [3.8, 4) is 0 Å². The van der Waals surface area contributed by atoms with Crippen molar-refractivity contribution in [3.63, 3.8) is 0 Å². The fourth-order valence-electron chi connectivity index (χ4n) is 3.20. The van der Waals surface area contributed by atoms with Crippen LogP contribution in [0.2, 0.25) is 0 Å². The number of anilines is 1. The maximum atomic E-state index is 13.8. The van der Waals surface area contributed by atoms with Gasteiger partial charge in [0.1, 0.15) is 11.6 Å². The first-order valence-electron chi connectivity index (χ1n) is 7.73. The van der Waals surface area contributed by atoms with Crippen LogP contribution in [0.4, 0.5) is 14.5 Å². The first kappa shape index (κ1) is 16.4. The highest BCUT2D eigenvalue weighted by molar-refractivity contribution is 5.85. The summed E-state index contributed by atoms with van der Waals surface area (Å²) >= 11 is 0. The number of halogens is 2. The zero-order valence-electron chi connectivity index (χ0n) is 13.0. The SMILES string of the molecule is NC(=O)C1CCN(CC(O)c2ccc(F)cc2F)c2ccccc21. The van der Waals surface area contributed by atoms with Crippen LogP contribution in [0.25, 0.3) is 0 Å². The Balaban J connectivity index is 1.85. The van der Waals surface area contributed by atoms with E-state index in [-0.39, 0.29) is 23.9 Å². The fourth-order valence-corrected chi connectivity index (χ4v) is 3.20. The highest BCUT2D eigenvalue weighted by Crippen LogP contribution is 2.36. The van der Waals surface area contributed by atoms with Gasteiger partial charge in [0.15, 0.2) is 0 Å². The lowest BCUT2D eigenvalue weighted by Crippen LogP contribution is -2.38. The topological polar surface area (TPSA) is 66.6 Å². The summed E-state index contributed by atoms with van der Waals surface area (Å²) in [4.78, 5) is 13.5. The number of carbonyl (C=O) groups is 1. The number of fused-ring (bicyclic) bond motifs is 1.